The van der Waals surface area contributed by atoms with E-state index in [0.717, 1.165) is 17.2 Å². The molecule has 0 spiro atoms. The van der Waals surface area contributed by atoms with Crippen LogP contribution in [0.4, 0.5) is 5.69 Å². The second kappa shape index (κ2) is 5.50. The first-order valence-corrected chi connectivity index (χ1v) is 9.55. The standard InChI is InChI=1S/C22H26N2O/c1-14-12-22-19(18-6-4-5-7-21(18)25-22)13-20(14)24-15(2)23(3)16-8-10-17(24)11-9-16/h4-7,12-13,15-17H,8-11H2,1-3H3/t15-,16?,17?/m0/s1. The Morgan fingerprint density at radius 2 is 1.64 bits per heavy atom. The van der Waals surface area contributed by atoms with Crippen LogP contribution >= 0.6 is 0 Å². The Morgan fingerprint density at radius 1 is 0.920 bits per heavy atom. The average molecular weight is 334 g/mol. The van der Waals surface area contributed by atoms with Gasteiger partial charge in [0, 0.05) is 28.5 Å². The van der Waals surface area contributed by atoms with Crippen LogP contribution in [0.2, 0.25) is 0 Å². The number of hydrogen-bond acceptors (Lipinski definition) is 3. The summed E-state index contributed by atoms with van der Waals surface area (Å²) in [6.45, 7) is 4.60. The van der Waals surface area contributed by atoms with E-state index in [4.69, 9.17) is 4.42 Å². The normalized spacial score (nSPS) is 27.3. The summed E-state index contributed by atoms with van der Waals surface area (Å²) < 4.78 is 6.08. The third-order valence-corrected chi connectivity index (χ3v) is 6.60. The van der Waals surface area contributed by atoms with Crippen molar-refractivity contribution in [2.45, 2.75) is 57.8 Å². The molecule has 2 bridgehead atoms. The smallest absolute Gasteiger partial charge is 0.135 e. The minimum absolute atomic E-state index is 0.439. The molecule has 2 saturated heterocycles. The van der Waals surface area contributed by atoms with Gasteiger partial charge in [-0.05, 0) is 70.3 Å². The van der Waals surface area contributed by atoms with Crippen LogP contribution in [0.5, 0.6) is 0 Å². The lowest BCUT2D eigenvalue weighted by molar-refractivity contribution is 0.184. The SMILES string of the molecule is Cc1cc2oc3ccccc3c2cc1N1C2CCC(CC2)N(C)[C@@H]1C. The van der Waals surface area contributed by atoms with Gasteiger partial charge in [0.2, 0.25) is 0 Å². The Kier molecular flexibility index (Phi) is 3.36. The molecule has 130 valence electrons. The van der Waals surface area contributed by atoms with E-state index >= 15 is 0 Å². The van der Waals surface area contributed by atoms with E-state index in [2.05, 4.69) is 61.0 Å². The zero-order valence-electron chi connectivity index (χ0n) is 15.3. The van der Waals surface area contributed by atoms with E-state index in [1.165, 1.54) is 47.7 Å². The number of anilines is 1. The maximum Gasteiger partial charge on any atom is 0.135 e. The average Bonchev–Trinajstić information content (AvgIpc) is 2.88. The Morgan fingerprint density at radius 3 is 2.44 bits per heavy atom. The van der Waals surface area contributed by atoms with Gasteiger partial charge in [-0.2, -0.15) is 0 Å². The van der Waals surface area contributed by atoms with Gasteiger partial charge in [-0.1, -0.05) is 18.2 Å². The van der Waals surface area contributed by atoms with Crippen molar-refractivity contribution in [2.75, 3.05) is 11.9 Å². The predicted molar refractivity (Wildman–Crippen MR) is 104 cm³/mol. The molecule has 6 rings (SSSR count). The first-order chi connectivity index (χ1) is 12.1. The largest absolute Gasteiger partial charge is 0.456 e. The van der Waals surface area contributed by atoms with Crippen LogP contribution in [-0.2, 0) is 0 Å². The molecule has 1 aliphatic carbocycles. The highest BCUT2D eigenvalue weighted by atomic mass is 16.3. The lowest BCUT2D eigenvalue weighted by Crippen LogP contribution is -2.47. The van der Waals surface area contributed by atoms with E-state index in [-0.39, 0.29) is 0 Å². The molecule has 25 heavy (non-hydrogen) atoms. The van der Waals surface area contributed by atoms with Crippen molar-refractivity contribution >= 4 is 27.6 Å². The minimum Gasteiger partial charge on any atom is -0.456 e. The molecule has 0 unspecified atom stereocenters. The fourth-order valence-electron chi connectivity index (χ4n) is 5.09. The highest BCUT2D eigenvalue weighted by Crippen LogP contribution is 2.40. The molecule has 3 aromatic rings. The molecule has 0 N–H and O–H groups in total. The highest BCUT2D eigenvalue weighted by Gasteiger charge is 2.38. The highest BCUT2D eigenvalue weighted by molar-refractivity contribution is 6.06. The van der Waals surface area contributed by atoms with Crippen LogP contribution in [-0.4, -0.2) is 30.2 Å². The van der Waals surface area contributed by atoms with Crippen LogP contribution in [0.1, 0.15) is 38.2 Å². The van der Waals surface area contributed by atoms with Crippen LogP contribution in [0.25, 0.3) is 21.9 Å². The summed E-state index contributed by atoms with van der Waals surface area (Å²) in [6.07, 6.45) is 5.72. The van der Waals surface area contributed by atoms with E-state index in [0.29, 0.717) is 12.2 Å². The van der Waals surface area contributed by atoms with Crippen LogP contribution < -0.4 is 4.90 Å². The molecule has 1 aromatic heterocycles. The number of fused-ring (bicyclic) bond motifs is 7. The van der Waals surface area contributed by atoms with Crippen molar-refractivity contribution in [3.63, 3.8) is 0 Å². The van der Waals surface area contributed by atoms with Gasteiger partial charge in [-0.3, -0.25) is 4.90 Å². The zero-order chi connectivity index (χ0) is 17.1. The monoisotopic (exact) mass is 334 g/mol. The number of nitrogens with zero attached hydrogens (tertiary/aromatic N) is 2. The van der Waals surface area contributed by atoms with Crippen molar-refractivity contribution in [2.24, 2.45) is 0 Å². The summed E-state index contributed by atoms with van der Waals surface area (Å²) in [5.41, 5.74) is 4.68. The Balaban J connectivity index is 1.71. The minimum atomic E-state index is 0.439. The van der Waals surface area contributed by atoms with Gasteiger partial charge in [0.15, 0.2) is 0 Å². The summed E-state index contributed by atoms with van der Waals surface area (Å²) >= 11 is 0. The van der Waals surface area contributed by atoms with Gasteiger partial charge in [-0.15, -0.1) is 0 Å². The quantitative estimate of drug-likeness (QED) is 0.602. The summed E-state index contributed by atoms with van der Waals surface area (Å²) in [5, 5.41) is 2.46. The summed E-state index contributed by atoms with van der Waals surface area (Å²) in [6, 6.07) is 14.4. The molecule has 0 amide bonds. The number of aryl methyl sites for hydroxylation is 1. The number of benzene rings is 2. The number of furan rings is 1. The second-order valence-electron chi connectivity index (χ2n) is 7.90. The molecule has 1 saturated carbocycles. The second-order valence-corrected chi connectivity index (χ2v) is 7.90. The third kappa shape index (κ3) is 2.22. The van der Waals surface area contributed by atoms with Crippen LogP contribution in [0, 0.1) is 6.92 Å². The summed E-state index contributed by atoms with van der Waals surface area (Å²) in [4.78, 5) is 5.27. The molecule has 3 heterocycles. The van der Waals surface area contributed by atoms with Crippen LogP contribution in [0.15, 0.2) is 40.8 Å². The molecular weight excluding hydrogens is 308 g/mol. The Labute approximate surface area is 149 Å². The van der Waals surface area contributed by atoms with Crippen molar-refractivity contribution in [1.82, 2.24) is 4.90 Å². The molecule has 3 fully saturated rings. The summed E-state index contributed by atoms with van der Waals surface area (Å²) in [5.74, 6) is 0. The third-order valence-electron chi connectivity index (χ3n) is 6.60. The maximum atomic E-state index is 6.08. The molecular formula is C22H26N2O. The van der Waals surface area contributed by atoms with E-state index in [9.17, 15) is 0 Å². The fraction of sp³-hybridized carbons (Fsp3) is 0.455. The van der Waals surface area contributed by atoms with Crippen molar-refractivity contribution in [1.29, 1.82) is 0 Å². The molecule has 3 aliphatic rings. The topological polar surface area (TPSA) is 19.6 Å². The molecule has 2 aromatic carbocycles. The first kappa shape index (κ1) is 15.3. The lowest BCUT2D eigenvalue weighted by Gasteiger charge is -2.39. The number of hydrogen-bond donors (Lipinski definition) is 0. The number of para-hydroxylation sites is 1. The van der Waals surface area contributed by atoms with Crippen molar-refractivity contribution in [3.05, 3.63) is 42.0 Å². The Hall–Kier alpha value is -2.00. The van der Waals surface area contributed by atoms with Gasteiger partial charge < -0.3 is 9.32 Å². The van der Waals surface area contributed by atoms with Crippen molar-refractivity contribution in [3.8, 4) is 0 Å². The predicted octanol–water partition coefficient (Wildman–Crippen LogP) is 5.30. The van der Waals surface area contributed by atoms with Gasteiger partial charge in [0.1, 0.15) is 11.2 Å². The maximum absolute atomic E-state index is 6.08. The first-order valence-electron chi connectivity index (χ1n) is 9.55. The van der Waals surface area contributed by atoms with Crippen LogP contribution in [0.3, 0.4) is 0 Å². The van der Waals surface area contributed by atoms with E-state index < -0.39 is 0 Å². The van der Waals surface area contributed by atoms with E-state index in [1.807, 2.05) is 6.07 Å². The van der Waals surface area contributed by atoms with Gasteiger partial charge in [0.05, 0.1) is 6.17 Å². The molecule has 3 heteroatoms. The molecule has 1 atom stereocenters. The van der Waals surface area contributed by atoms with E-state index in [1.54, 1.807) is 0 Å². The van der Waals surface area contributed by atoms with Gasteiger partial charge >= 0.3 is 0 Å². The Bertz CT molecular complexity index is 936. The lowest BCUT2D eigenvalue weighted by atomic mass is 9.91. The van der Waals surface area contributed by atoms with Gasteiger partial charge in [0.25, 0.3) is 0 Å². The molecule has 2 aliphatic heterocycles. The molecule has 3 nitrogen and oxygen atoms in total. The summed E-state index contributed by atoms with van der Waals surface area (Å²) in [7, 11) is 2.30. The molecule has 0 radical (unpaired) electrons. The van der Waals surface area contributed by atoms with Crippen molar-refractivity contribution < 1.29 is 4.42 Å². The number of rotatable bonds is 1. The zero-order valence-corrected chi connectivity index (χ0v) is 15.3. The van der Waals surface area contributed by atoms with Gasteiger partial charge in [-0.25, -0.2) is 0 Å². The fourth-order valence-corrected chi connectivity index (χ4v) is 5.09.